The molecule has 0 spiro atoms. The van der Waals surface area contributed by atoms with Crippen LogP contribution in [0.2, 0.25) is 0 Å². The van der Waals surface area contributed by atoms with Gasteiger partial charge in [-0.1, -0.05) is 12.1 Å². The minimum atomic E-state index is -0.0566. The molecule has 6 nitrogen and oxygen atoms in total. The van der Waals surface area contributed by atoms with Crippen LogP contribution in [0.3, 0.4) is 0 Å². The predicted molar refractivity (Wildman–Crippen MR) is 111 cm³/mol. The van der Waals surface area contributed by atoms with Gasteiger partial charge in [-0.2, -0.15) is 0 Å². The highest BCUT2D eigenvalue weighted by Gasteiger charge is 2.30. The molecule has 2 heterocycles. The Morgan fingerprint density at radius 1 is 1.21 bits per heavy atom. The van der Waals surface area contributed by atoms with Crippen LogP contribution in [0.25, 0.3) is 0 Å². The van der Waals surface area contributed by atoms with Crippen molar-refractivity contribution in [3.05, 3.63) is 29.8 Å². The number of carbonyl (C=O) groups excluding carboxylic acids is 1. The number of rotatable bonds is 8. The molecular formula is C22H35N3O3. The van der Waals surface area contributed by atoms with Gasteiger partial charge in [0.2, 0.25) is 5.91 Å². The van der Waals surface area contributed by atoms with E-state index in [0.717, 1.165) is 51.4 Å². The molecule has 1 aromatic rings. The van der Waals surface area contributed by atoms with Crippen molar-refractivity contribution in [2.24, 2.45) is 0 Å². The van der Waals surface area contributed by atoms with Crippen LogP contribution >= 0.6 is 0 Å². The zero-order valence-electron chi connectivity index (χ0n) is 17.6. The Morgan fingerprint density at radius 2 is 1.93 bits per heavy atom. The van der Waals surface area contributed by atoms with E-state index < -0.39 is 0 Å². The Labute approximate surface area is 169 Å². The van der Waals surface area contributed by atoms with Gasteiger partial charge in [0, 0.05) is 31.2 Å². The molecule has 1 unspecified atom stereocenters. The second-order valence-electron chi connectivity index (χ2n) is 8.32. The average Bonchev–Trinajstić information content (AvgIpc) is 3.16. The van der Waals surface area contributed by atoms with Crippen LogP contribution in [0.1, 0.15) is 45.2 Å². The lowest BCUT2D eigenvalue weighted by molar-refractivity contribution is -0.123. The Morgan fingerprint density at radius 3 is 2.61 bits per heavy atom. The van der Waals surface area contributed by atoms with Crippen molar-refractivity contribution in [2.75, 3.05) is 52.5 Å². The van der Waals surface area contributed by atoms with Crippen molar-refractivity contribution in [3.63, 3.8) is 0 Å². The first-order chi connectivity index (χ1) is 13.5. The first-order valence-electron chi connectivity index (χ1n) is 10.6. The van der Waals surface area contributed by atoms with Gasteiger partial charge in [-0.3, -0.25) is 14.6 Å². The molecule has 3 rings (SSSR count). The molecule has 6 heteroatoms. The molecule has 2 fully saturated rings. The monoisotopic (exact) mass is 389 g/mol. The van der Waals surface area contributed by atoms with E-state index in [1.165, 1.54) is 5.56 Å². The third-order valence-electron chi connectivity index (χ3n) is 5.87. The van der Waals surface area contributed by atoms with Crippen molar-refractivity contribution >= 4 is 5.91 Å². The average molecular weight is 390 g/mol. The maximum Gasteiger partial charge on any atom is 0.234 e. The lowest BCUT2D eigenvalue weighted by Gasteiger charge is -2.41. The van der Waals surface area contributed by atoms with E-state index in [2.05, 4.69) is 41.1 Å². The van der Waals surface area contributed by atoms with Crippen LogP contribution in [0.5, 0.6) is 5.75 Å². The van der Waals surface area contributed by atoms with Crippen molar-refractivity contribution in [1.29, 1.82) is 0 Å². The molecule has 2 aliphatic rings. The van der Waals surface area contributed by atoms with Gasteiger partial charge in [0.05, 0.1) is 26.4 Å². The molecule has 2 saturated heterocycles. The summed E-state index contributed by atoms with van der Waals surface area (Å²) in [6.07, 6.45) is 2.23. The van der Waals surface area contributed by atoms with E-state index in [9.17, 15) is 4.79 Å². The highest BCUT2D eigenvalue weighted by molar-refractivity contribution is 5.78. The second-order valence-corrected chi connectivity index (χ2v) is 8.32. The number of nitrogens with one attached hydrogen (secondary N) is 1. The summed E-state index contributed by atoms with van der Waals surface area (Å²) in [6, 6.07) is 8.63. The Bertz CT molecular complexity index is 626. The van der Waals surface area contributed by atoms with Gasteiger partial charge in [-0.05, 0) is 57.9 Å². The summed E-state index contributed by atoms with van der Waals surface area (Å²) in [5.74, 6) is 1.01. The Hall–Kier alpha value is -1.63. The number of benzene rings is 1. The molecule has 1 N–H and O–H groups in total. The van der Waals surface area contributed by atoms with Crippen LogP contribution < -0.4 is 10.1 Å². The topological polar surface area (TPSA) is 54.0 Å². The first-order valence-corrected chi connectivity index (χ1v) is 10.6. The standard InChI is InChI=1S/C22H35N3O3/c1-4-28-19-9-7-18(8-10-19)20-6-5-11-24(20)16-21(26)23-17-22(2,3)25-12-14-27-15-13-25/h7-10,20H,4-6,11-17H2,1-3H3,(H,23,26). The summed E-state index contributed by atoms with van der Waals surface area (Å²) in [7, 11) is 0. The number of hydrogen-bond acceptors (Lipinski definition) is 5. The summed E-state index contributed by atoms with van der Waals surface area (Å²) in [6.45, 7) is 12.5. The third-order valence-corrected chi connectivity index (χ3v) is 5.87. The van der Waals surface area contributed by atoms with E-state index in [-0.39, 0.29) is 11.4 Å². The fraction of sp³-hybridized carbons (Fsp3) is 0.682. The lowest BCUT2D eigenvalue weighted by atomic mass is 10.0. The smallest absolute Gasteiger partial charge is 0.234 e. The Kier molecular flexibility index (Phi) is 7.32. The number of carbonyl (C=O) groups is 1. The molecule has 0 bridgehead atoms. The minimum absolute atomic E-state index is 0.0566. The van der Waals surface area contributed by atoms with Crippen molar-refractivity contribution in [3.8, 4) is 5.75 Å². The van der Waals surface area contributed by atoms with Crippen molar-refractivity contribution in [2.45, 2.75) is 45.2 Å². The summed E-state index contributed by atoms with van der Waals surface area (Å²) >= 11 is 0. The summed E-state index contributed by atoms with van der Waals surface area (Å²) in [5, 5.41) is 3.16. The van der Waals surface area contributed by atoms with E-state index in [1.807, 2.05) is 19.1 Å². The number of morpholine rings is 1. The van der Waals surface area contributed by atoms with Gasteiger partial charge in [0.1, 0.15) is 5.75 Å². The predicted octanol–water partition coefficient (Wildman–Crippen LogP) is 2.45. The van der Waals surface area contributed by atoms with Gasteiger partial charge >= 0.3 is 0 Å². The normalized spacial score (nSPS) is 21.6. The molecule has 1 amide bonds. The molecule has 0 radical (unpaired) electrons. The van der Waals surface area contributed by atoms with E-state index in [0.29, 0.717) is 25.7 Å². The van der Waals surface area contributed by atoms with Crippen LogP contribution in [0.4, 0.5) is 0 Å². The van der Waals surface area contributed by atoms with Crippen LogP contribution in [0, 0.1) is 0 Å². The summed E-state index contributed by atoms with van der Waals surface area (Å²) in [5.41, 5.74) is 1.21. The summed E-state index contributed by atoms with van der Waals surface area (Å²) < 4.78 is 11.0. The molecule has 156 valence electrons. The number of ether oxygens (including phenoxy) is 2. The number of hydrogen-bond donors (Lipinski definition) is 1. The van der Waals surface area contributed by atoms with Gasteiger partial charge in [0.25, 0.3) is 0 Å². The maximum absolute atomic E-state index is 12.6. The molecule has 0 aromatic heterocycles. The molecule has 1 atom stereocenters. The number of likely N-dealkylation sites (tertiary alicyclic amines) is 1. The quantitative estimate of drug-likeness (QED) is 0.740. The third kappa shape index (κ3) is 5.46. The highest BCUT2D eigenvalue weighted by atomic mass is 16.5. The van der Waals surface area contributed by atoms with E-state index >= 15 is 0 Å². The molecule has 0 aliphatic carbocycles. The van der Waals surface area contributed by atoms with Crippen molar-refractivity contribution in [1.82, 2.24) is 15.1 Å². The largest absolute Gasteiger partial charge is 0.494 e. The molecule has 1 aromatic carbocycles. The fourth-order valence-electron chi connectivity index (χ4n) is 4.18. The van der Waals surface area contributed by atoms with E-state index in [1.54, 1.807) is 0 Å². The van der Waals surface area contributed by atoms with Gasteiger partial charge in [-0.25, -0.2) is 0 Å². The van der Waals surface area contributed by atoms with Crippen LogP contribution in [0.15, 0.2) is 24.3 Å². The zero-order chi connectivity index (χ0) is 20.0. The number of nitrogens with zero attached hydrogens (tertiary/aromatic N) is 2. The molecule has 2 aliphatic heterocycles. The van der Waals surface area contributed by atoms with Crippen LogP contribution in [-0.4, -0.2) is 73.8 Å². The maximum atomic E-state index is 12.6. The van der Waals surface area contributed by atoms with Crippen LogP contribution in [-0.2, 0) is 9.53 Å². The fourth-order valence-corrected chi connectivity index (χ4v) is 4.18. The second kappa shape index (κ2) is 9.72. The minimum Gasteiger partial charge on any atom is -0.494 e. The van der Waals surface area contributed by atoms with Gasteiger partial charge in [0.15, 0.2) is 0 Å². The molecule has 28 heavy (non-hydrogen) atoms. The van der Waals surface area contributed by atoms with Gasteiger partial charge in [-0.15, -0.1) is 0 Å². The van der Waals surface area contributed by atoms with Crippen molar-refractivity contribution < 1.29 is 14.3 Å². The first kappa shape index (κ1) is 21.1. The number of amides is 1. The Balaban J connectivity index is 1.51. The zero-order valence-corrected chi connectivity index (χ0v) is 17.6. The van der Waals surface area contributed by atoms with E-state index in [4.69, 9.17) is 9.47 Å². The molecule has 0 saturated carbocycles. The lowest BCUT2D eigenvalue weighted by Crippen LogP contribution is -2.56. The van der Waals surface area contributed by atoms with Gasteiger partial charge < -0.3 is 14.8 Å². The SMILES string of the molecule is CCOc1ccc(C2CCCN2CC(=O)NCC(C)(C)N2CCOCC2)cc1. The summed E-state index contributed by atoms with van der Waals surface area (Å²) in [4.78, 5) is 17.3. The molecular weight excluding hydrogens is 354 g/mol. The highest BCUT2D eigenvalue weighted by Crippen LogP contribution is 2.32.